The van der Waals surface area contributed by atoms with Crippen LogP contribution in [-0.4, -0.2) is 18.5 Å². The first-order chi connectivity index (χ1) is 8.58. The Hall–Kier alpha value is -0.940. The first-order valence-corrected chi connectivity index (χ1v) is 6.86. The van der Waals surface area contributed by atoms with Crippen molar-refractivity contribution >= 4 is 21.8 Å². The van der Waals surface area contributed by atoms with Gasteiger partial charge in [0, 0.05) is 17.1 Å². The molecule has 2 rings (SSSR count). The fraction of sp³-hybridized carbons (Fsp3) is 0.462. The number of amides is 1. The Bertz CT molecular complexity index is 453. The van der Waals surface area contributed by atoms with Gasteiger partial charge in [0.1, 0.15) is 5.82 Å². The van der Waals surface area contributed by atoms with Crippen molar-refractivity contribution in [1.82, 2.24) is 10.6 Å². The number of benzene rings is 1. The van der Waals surface area contributed by atoms with E-state index in [0.29, 0.717) is 0 Å². The van der Waals surface area contributed by atoms with E-state index in [4.69, 9.17) is 0 Å². The molecule has 0 bridgehead atoms. The minimum Gasteiger partial charge on any atom is -0.355 e. The molecule has 0 aromatic heterocycles. The number of carbonyl (C=O) groups is 1. The lowest BCUT2D eigenvalue weighted by Gasteiger charge is -2.26. The molecule has 0 aliphatic carbocycles. The van der Waals surface area contributed by atoms with Crippen molar-refractivity contribution in [2.24, 2.45) is 0 Å². The van der Waals surface area contributed by atoms with Crippen LogP contribution in [-0.2, 0) is 4.79 Å². The smallest absolute Gasteiger partial charge is 0.237 e. The summed E-state index contributed by atoms with van der Waals surface area (Å²) in [5.41, 5.74) is 0.953. The normalized spacial score (nSPS) is 21.5. The van der Waals surface area contributed by atoms with Gasteiger partial charge in [0.05, 0.1) is 6.04 Å². The maximum atomic E-state index is 13.0. The lowest BCUT2D eigenvalue weighted by Crippen LogP contribution is -2.48. The van der Waals surface area contributed by atoms with Gasteiger partial charge < -0.3 is 5.32 Å². The molecule has 2 unspecified atom stereocenters. The topological polar surface area (TPSA) is 41.1 Å². The van der Waals surface area contributed by atoms with Gasteiger partial charge >= 0.3 is 0 Å². The van der Waals surface area contributed by atoms with Crippen LogP contribution < -0.4 is 10.6 Å². The molecular weight excluding hydrogens is 299 g/mol. The van der Waals surface area contributed by atoms with Crippen molar-refractivity contribution in [2.45, 2.75) is 31.8 Å². The van der Waals surface area contributed by atoms with Gasteiger partial charge in [0.2, 0.25) is 5.91 Å². The zero-order valence-corrected chi connectivity index (χ0v) is 11.8. The van der Waals surface area contributed by atoms with Crippen LogP contribution in [0.25, 0.3) is 0 Å². The summed E-state index contributed by atoms with van der Waals surface area (Å²) >= 11 is 3.35. The zero-order chi connectivity index (χ0) is 13.1. The Morgan fingerprint density at radius 3 is 3.00 bits per heavy atom. The van der Waals surface area contributed by atoms with E-state index in [1.807, 2.05) is 6.92 Å². The Balaban J connectivity index is 2.06. The summed E-state index contributed by atoms with van der Waals surface area (Å²) in [6.45, 7) is 2.73. The highest BCUT2D eigenvalue weighted by Gasteiger charge is 2.24. The van der Waals surface area contributed by atoms with Gasteiger partial charge in [-0.1, -0.05) is 22.0 Å². The van der Waals surface area contributed by atoms with Crippen molar-refractivity contribution in [3.05, 3.63) is 34.1 Å². The quantitative estimate of drug-likeness (QED) is 0.900. The highest BCUT2D eigenvalue weighted by Crippen LogP contribution is 2.25. The van der Waals surface area contributed by atoms with Crippen LogP contribution in [0.1, 0.15) is 31.4 Å². The van der Waals surface area contributed by atoms with E-state index in [0.717, 1.165) is 29.4 Å². The van der Waals surface area contributed by atoms with Gasteiger partial charge in [-0.2, -0.15) is 0 Å². The van der Waals surface area contributed by atoms with Crippen LogP contribution in [0.3, 0.4) is 0 Å². The third-order valence-corrected chi connectivity index (χ3v) is 3.85. The molecule has 1 aliphatic heterocycles. The second-order valence-corrected chi connectivity index (χ2v) is 5.39. The number of rotatable bonds is 3. The van der Waals surface area contributed by atoms with Crippen LogP contribution in [0.4, 0.5) is 4.39 Å². The molecule has 0 radical (unpaired) electrons. The summed E-state index contributed by atoms with van der Waals surface area (Å²) in [4.78, 5) is 11.7. The molecular formula is C13H16BrFN2O. The lowest BCUT2D eigenvalue weighted by molar-refractivity contribution is -0.124. The number of hydrogen-bond acceptors (Lipinski definition) is 2. The average Bonchev–Trinajstić information content (AvgIpc) is 2.32. The molecule has 18 heavy (non-hydrogen) atoms. The Morgan fingerprint density at radius 1 is 1.56 bits per heavy atom. The molecule has 3 nitrogen and oxygen atoms in total. The molecule has 1 aromatic rings. The van der Waals surface area contributed by atoms with Crippen molar-refractivity contribution in [3.63, 3.8) is 0 Å². The summed E-state index contributed by atoms with van der Waals surface area (Å²) in [6.07, 6.45) is 1.83. The van der Waals surface area contributed by atoms with Gasteiger partial charge in [0.25, 0.3) is 0 Å². The van der Waals surface area contributed by atoms with Crippen molar-refractivity contribution in [2.75, 3.05) is 6.54 Å². The molecule has 2 N–H and O–H groups in total. The molecule has 2 atom stereocenters. The fourth-order valence-electron chi connectivity index (χ4n) is 2.18. The predicted octanol–water partition coefficient (Wildman–Crippen LogP) is 2.52. The summed E-state index contributed by atoms with van der Waals surface area (Å²) in [6, 6.07) is 4.44. The molecule has 1 amide bonds. The summed E-state index contributed by atoms with van der Waals surface area (Å²) in [5.74, 6) is -0.223. The van der Waals surface area contributed by atoms with Gasteiger partial charge in [-0.05, 0) is 37.5 Å². The van der Waals surface area contributed by atoms with E-state index in [9.17, 15) is 9.18 Å². The van der Waals surface area contributed by atoms with Crippen LogP contribution in [0, 0.1) is 5.82 Å². The predicted molar refractivity (Wildman–Crippen MR) is 71.7 cm³/mol. The maximum absolute atomic E-state index is 13.0. The Labute approximate surface area is 114 Å². The molecule has 1 aliphatic rings. The largest absolute Gasteiger partial charge is 0.355 e. The fourth-order valence-corrected chi connectivity index (χ4v) is 2.87. The second-order valence-electron chi connectivity index (χ2n) is 4.54. The van der Waals surface area contributed by atoms with Crippen LogP contribution in [0.2, 0.25) is 0 Å². The van der Waals surface area contributed by atoms with Crippen molar-refractivity contribution in [3.8, 4) is 0 Å². The summed E-state index contributed by atoms with van der Waals surface area (Å²) < 4.78 is 13.7. The van der Waals surface area contributed by atoms with E-state index in [1.165, 1.54) is 12.1 Å². The van der Waals surface area contributed by atoms with Gasteiger partial charge in [-0.15, -0.1) is 0 Å². The van der Waals surface area contributed by atoms with Gasteiger partial charge in [-0.3, -0.25) is 10.1 Å². The van der Waals surface area contributed by atoms with Crippen LogP contribution in [0.5, 0.6) is 0 Å². The third kappa shape index (κ3) is 3.09. The molecule has 1 heterocycles. The maximum Gasteiger partial charge on any atom is 0.237 e. The molecule has 1 fully saturated rings. The molecule has 1 saturated heterocycles. The van der Waals surface area contributed by atoms with E-state index in [-0.39, 0.29) is 23.8 Å². The van der Waals surface area contributed by atoms with Crippen LogP contribution in [0.15, 0.2) is 22.7 Å². The number of piperidine rings is 1. The number of halogens is 2. The molecule has 98 valence electrons. The van der Waals surface area contributed by atoms with Gasteiger partial charge in [0.15, 0.2) is 0 Å². The average molecular weight is 315 g/mol. The standard InChI is InChI=1S/C13H16BrFN2O/c1-8(10-5-4-9(15)7-11(10)14)17-12-3-2-6-16-13(12)18/h4-5,7-8,12,17H,2-3,6H2,1H3,(H,16,18). The summed E-state index contributed by atoms with van der Waals surface area (Å²) in [7, 11) is 0. The van der Waals surface area contributed by atoms with Crippen LogP contribution >= 0.6 is 15.9 Å². The first-order valence-electron chi connectivity index (χ1n) is 6.06. The Morgan fingerprint density at radius 2 is 2.33 bits per heavy atom. The number of carbonyl (C=O) groups excluding carboxylic acids is 1. The van der Waals surface area contributed by atoms with Crippen molar-refractivity contribution in [1.29, 1.82) is 0 Å². The minimum absolute atomic E-state index is 0.00572. The second kappa shape index (κ2) is 5.80. The monoisotopic (exact) mass is 314 g/mol. The molecule has 1 aromatic carbocycles. The highest BCUT2D eigenvalue weighted by molar-refractivity contribution is 9.10. The minimum atomic E-state index is -0.270. The van der Waals surface area contributed by atoms with Gasteiger partial charge in [-0.25, -0.2) is 4.39 Å². The van der Waals surface area contributed by atoms with E-state index in [2.05, 4.69) is 26.6 Å². The summed E-state index contributed by atoms with van der Waals surface area (Å²) in [5, 5.41) is 6.12. The number of nitrogens with one attached hydrogen (secondary N) is 2. The Kier molecular flexibility index (Phi) is 4.35. The zero-order valence-electron chi connectivity index (χ0n) is 10.2. The first kappa shape index (κ1) is 13.5. The SMILES string of the molecule is CC(NC1CCCNC1=O)c1ccc(F)cc1Br. The highest BCUT2D eigenvalue weighted by atomic mass is 79.9. The molecule has 5 heteroatoms. The van der Waals surface area contributed by atoms with E-state index >= 15 is 0 Å². The lowest BCUT2D eigenvalue weighted by atomic mass is 10.0. The third-order valence-electron chi connectivity index (χ3n) is 3.17. The molecule has 0 spiro atoms. The molecule has 0 saturated carbocycles. The van der Waals surface area contributed by atoms with E-state index in [1.54, 1.807) is 6.07 Å². The van der Waals surface area contributed by atoms with Crippen molar-refractivity contribution < 1.29 is 9.18 Å². The number of hydrogen-bond donors (Lipinski definition) is 2. The van der Waals surface area contributed by atoms with E-state index < -0.39 is 0 Å².